The van der Waals surface area contributed by atoms with Gasteiger partial charge in [-0.2, -0.15) is 4.72 Å². The van der Waals surface area contributed by atoms with Gasteiger partial charge in [-0.25, -0.2) is 8.42 Å². The number of methoxy groups -OCH3 is 1. The molecule has 1 rings (SSSR count). The van der Waals surface area contributed by atoms with E-state index in [1.54, 1.807) is 0 Å². The first-order chi connectivity index (χ1) is 10.3. The number of nitrogens with zero attached hydrogens (tertiary/aromatic N) is 1. The lowest BCUT2D eigenvalue weighted by Gasteiger charge is -2.15. The monoisotopic (exact) mass is 326 g/mol. The summed E-state index contributed by atoms with van der Waals surface area (Å²) in [7, 11) is -2.90. The van der Waals surface area contributed by atoms with E-state index < -0.39 is 27.0 Å². The van der Waals surface area contributed by atoms with Crippen molar-refractivity contribution in [3.05, 3.63) is 34.4 Å². The number of non-ortho nitro benzene ring substituents is 1. The number of esters is 1. The minimum Gasteiger partial charge on any atom is -0.468 e. The quantitative estimate of drug-likeness (QED) is 0.343. The third-order valence-electron chi connectivity index (χ3n) is 2.72. The number of nitrogens with one attached hydrogen (secondary N) is 1. The molecule has 0 aliphatic heterocycles. The molecule has 0 saturated heterocycles. The van der Waals surface area contributed by atoms with Crippen LogP contribution in [-0.2, 0) is 19.6 Å². The van der Waals surface area contributed by atoms with Gasteiger partial charge >= 0.3 is 5.97 Å². The van der Waals surface area contributed by atoms with E-state index in [4.69, 9.17) is 6.42 Å². The molecule has 1 aromatic carbocycles. The summed E-state index contributed by atoms with van der Waals surface area (Å²) in [4.78, 5) is 21.3. The average molecular weight is 326 g/mol. The summed E-state index contributed by atoms with van der Waals surface area (Å²) < 4.78 is 31.0. The molecule has 1 atom stereocenters. The van der Waals surface area contributed by atoms with Crippen molar-refractivity contribution in [2.75, 3.05) is 7.11 Å². The van der Waals surface area contributed by atoms with Crippen molar-refractivity contribution in [3.8, 4) is 12.3 Å². The van der Waals surface area contributed by atoms with Crippen LogP contribution < -0.4 is 4.72 Å². The Kier molecular flexibility index (Phi) is 6.03. The van der Waals surface area contributed by atoms with Crippen LogP contribution in [0.15, 0.2) is 29.2 Å². The second-order valence-corrected chi connectivity index (χ2v) is 5.90. The molecule has 1 aromatic rings. The third kappa shape index (κ3) is 4.54. The van der Waals surface area contributed by atoms with Crippen molar-refractivity contribution in [1.82, 2.24) is 4.72 Å². The lowest BCUT2D eigenvalue weighted by atomic mass is 10.2. The van der Waals surface area contributed by atoms with Crippen LogP contribution in [-0.4, -0.2) is 32.5 Å². The first-order valence-electron chi connectivity index (χ1n) is 6.10. The van der Waals surface area contributed by atoms with Crippen molar-refractivity contribution in [2.45, 2.75) is 23.8 Å². The van der Waals surface area contributed by atoms with Gasteiger partial charge in [0.25, 0.3) is 5.69 Å². The highest BCUT2D eigenvalue weighted by Gasteiger charge is 2.26. The second kappa shape index (κ2) is 7.53. The van der Waals surface area contributed by atoms with Gasteiger partial charge in [-0.1, -0.05) is 0 Å². The third-order valence-corrected chi connectivity index (χ3v) is 4.21. The van der Waals surface area contributed by atoms with Gasteiger partial charge in [0.05, 0.1) is 16.9 Å². The molecule has 0 aromatic heterocycles. The second-order valence-electron chi connectivity index (χ2n) is 4.19. The zero-order valence-electron chi connectivity index (χ0n) is 11.7. The van der Waals surface area contributed by atoms with Gasteiger partial charge < -0.3 is 4.74 Å². The molecule has 9 heteroatoms. The van der Waals surface area contributed by atoms with Gasteiger partial charge in [0.15, 0.2) is 0 Å². The first kappa shape index (κ1) is 17.6. The summed E-state index contributed by atoms with van der Waals surface area (Å²) in [5, 5.41) is 10.5. The highest BCUT2D eigenvalue weighted by molar-refractivity contribution is 7.89. The fraction of sp³-hybridized carbons (Fsp3) is 0.308. The summed E-state index contributed by atoms with van der Waals surface area (Å²) in [6.45, 7) is 0. The lowest BCUT2D eigenvalue weighted by Crippen LogP contribution is -2.41. The van der Waals surface area contributed by atoms with Gasteiger partial charge in [0, 0.05) is 18.6 Å². The average Bonchev–Trinajstić information content (AvgIpc) is 2.50. The van der Waals surface area contributed by atoms with E-state index in [9.17, 15) is 23.3 Å². The van der Waals surface area contributed by atoms with Crippen LogP contribution in [0.25, 0.3) is 0 Å². The Hall–Kier alpha value is -2.44. The van der Waals surface area contributed by atoms with Gasteiger partial charge in [-0.3, -0.25) is 14.9 Å². The van der Waals surface area contributed by atoms with Gasteiger partial charge in [0.2, 0.25) is 10.0 Å². The van der Waals surface area contributed by atoms with Crippen LogP contribution in [0.4, 0.5) is 5.69 Å². The molecule has 0 fully saturated rings. The Morgan fingerprint density at radius 3 is 2.50 bits per heavy atom. The lowest BCUT2D eigenvalue weighted by molar-refractivity contribution is -0.384. The van der Waals surface area contributed by atoms with E-state index in [2.05, 4.69) is 15.4 Å². The molecule has 0 radical (unpaired) electrons. The zero-order valence-corrected chi connectivity index (χ0v) is 12.5. The Bertz CT molecular complexity index is 690. The molecule has 0 saturated carbocycles. The standard InChI is InChI=1S/C13H14N2O6S/c1-3-4-5-12(13(16)21-2)14-22(19,20)11-8-6-10(7-9-11)15(17)18/h1,6-9,12,14H,4-5H2,2H3/t12-/m1/s1. The number of benzene rings is 1. The summed E-state index contributed by atoms with van der Waals surface area (Å²) in [5.74, 6) is 1.54. The molecular formula is C13H14N2O6S. The summed E-state index contributed by atoms with van der Waals surface area (Å²) in [5.41, 5.74) is -0.240. The van der Waals surface area contributed by atoms with E-state index in [0.717, 1.165) is 31.4 Å². The minimum atomic E-state index is -4.03. The molecule has 22 heavy (non-hydrogen) atoms. The maximum Gasteiger partial charge on any atom is 0.323 e. The summed E-state index contributed by atoms with van der Waals surface area (Å²) in [6, 6.07) is 3.15. The number of nitro benzene ring substituents is 1. The largest absolute Gasteiger partial charge is 0.468 e. The van der Waals surface area contributed by atoms with Crippen LogP contribution in [0.2, 0.25) is 0 Å². The first-order valence-corrected chi connectivity index (χ1v) is 7.58. The molecular weight excluding hydrogens is 312 g/mol. The van der Waals surface area contributed by atoms with Crippen LogP contribution in [0.1, 0.15) is 12.8 Å². The highest BCUT2D eigenvalue weighted by Crippen LogP contribution is 2.16. The fourth-order valence-electron chi connectivity index (χ4n) is 1.60. The predicted octanol–water partition coefficient (Wildman–Crippen LogP) is 0.828. The molecule has 0 aliphatic rings. The van der Waals surface area contributed by atoms with Gasteiger partial charge in [-0.15, -0.1) is 12.3 Å². The van der Waals surface area contributed by atoms with E-state index in [1.807, 2.05) is 0 Å². The molecule has 8 nitrogen and oxygen atoms in total. The molecule has 0 bridgehead atoms. The fourth-order valence-corrected chi connectivity index (χ4v) is 2.82. The maximum absolute atomic E-state index is 12.2. The van der Waals surface area contributed by atoms with E-state index in [0.29, 0.717) is 0 Å². The number of nitro groups is 1. The van der Waals surface area contributed by atoms with Crippen LogP contribution in [0.5, 0.6) is 0 Å². The van der Waals surface area contributed by atoms with E-state index in [1.165, 1.54) is 0 Å². The number of hydrogen-bond acceptors (Lipinski definition) is 6. The van der Waals surface area contributed by atoms with E-state index in [-0.39, 0.29) is 23.4 Å². The van der Waals surface area contributed by atoms with Crippen molar-refractivity contribution in [1.29, 1.82) is 0 Å². The number of carbonyl (C=O) groups excluding carboxylic acids is 1. The van der Waals surface area contributed by atoms with Gasteiger partial charge in [0.1, 0.15) is 6.04 Å². The molecule has 0 spiro atoms. The maximum atomic E-state index is 12.2. The van der Waals surface area contributed by atoms with E-state index >= 15 is 0 Å². The highest BCUT2D eigenvalue weighted by atomic mass is 32.2. The summed E-state index contributed by atoms with van der Waals surface area (Å²) in [6.07, 6.45) is 5.36. The molecule has 0 unspecified atom stereocenters. The Labute approximate surface area is 127 Å². The SMILES string of the molecule is C#CCC[C@@H](NS(=O)(=O)c1ccc([N+](=O)[O-])cc1)C(=O)OC. The van der Waals surface area contributed by atoms with Crippen molar-refractivity contribution in [2.24, 2.45) is 0 Å². The molecule has 0 amide bonds. The smallest absolute Gasteiger partial charge is 0.323 e. The molecule has 0 heterocycles. The summed E-state index contributed by atoms with van der Waals surface area (Å²) >= 11 is 0. The number of sulfonamides is 1. The molecule has 0 aliphatic carbocycles. The molecule has 118 valence electrons. The number of ether oxygens (including phenoxy) is 1. The zero-order chi connectivity index (χ0) is 16.8. The number of terminal acetylenes is 1. The normalized spacial score (nSPS) is 12.2. The number of hydrogen-bond donors (Lipinski definition) is 1. The Morgan fingerprint density at radius 2 is 2.05 bits per heavy atom. The Balaban J connectivity index is 2.98. The predicted molar refractivity (Wildman–Crippen MR) is 77.3 cm³/mol. The number of carbonyl (C=O) groups is 1. The number of rotatable bonds is 7. The molecule has 1 N–H and O–H groups in total. The topological polar surface area (TPSA) is 116 Å². The minimum absolute atomic E-state index is 0.0788. The van der Waals surface area contributed by atoms with Crippen molar-refractivity contribution in [3.63, 3.8) is 0 Å². The Morgan fingerprint density at radius 1 is 1.45 bits per heavy atom. The van der Waals surface area contributed by atoms with Gasteiger partial charge in [-0.05, 0) is 18.6 Å². The van der Waals surface area contributed by atoms with Crippen LogP contribution in [0, 0.1) is 22.5 Å². The van der Waals surface area contributed by atoms with Crippen molar-refractivity contribution >= 4 is 21.7 Å². The van der Waals surface area contributed by atoms with Crippen molar-refractivity contribution < 1.29 is 22.9 Å². The van der Waals surface area contributed by atoms with Crippen LogP contribution >= 0.6 is 0 Å². The van der Waals surface area contributed by atoms with Crippen LogP contribution in [0.3, 0.4) is 0 Å².